The van der Waals surface area contributed by atoms with Crippen LogP contribution in [-0.2, 0) is 9.53 Å². The van der Waals surface area contributed by atoms with Crippen LogP contribution in [0.25, 0.3) is 0 Å². The lowest BCUT2D eigenvalue weighted by Crippen LogP contribution is -2.39. The van der Waals surface area contributed by atoms with Crippen molar-refractivity contribution in [1.82, 2.24) is 5.32 Å². The molecule has 0 saturated carbocycles. The van der Waals surface area contributed by atoms with Gasteiger partial charge in [0, 0.05) is 20.0 Å². The zero-order valence-electron chi connectivity index (χ0n) is 7.68. The number of carbonyl (C=O) groups is 1. The molecule has 0 aromatic carbocycles. The molecule has 0 bridgehead atoms. The molecule has 11 heavy (non-hydrogen) atoms. The molecule has 0 aromatic rings. The highest BCUT2D eigenvalue weighted by atomic mass is 16.5. The van der Waals surface area contributed by atoms with Gasteiger partial charge in [0.25, 0.3) is 0 Å². The van der Waals surface area contributed by atoms with Gasteiger partial charge in [0.05, 0.1) is 0 Å². The van der Waals surface area contributed by atoms with Gasteiger partial charge in [-0.3, -0.25) is 4.79 Å². The number of amides is 1. The van der Waals surface area contributed by atoms with Gasteiger partial charge in [-0.25, -0.2) is 0 Å². The van der Waals surface area contributed by atoms with Gasteiger partial charge in [0.1, 0.15) is 6.23 Å². The predicted octanol–water partition coefficient (Wildman–Crippen LogP) is 1.14. The molecule has 2 atom stereocenters. The molecular formula is C8H17NO2. The van der Waals surface area contributed by atoms with Crippen LogP contribution in [0, 0.1) is 5.92 Å². The lowest BCUT2D eigenvalue weighted by molar-refractivity contribution is -0.123. The van der Waals surface area contributed by atoms with Crippen molar-refractivity contribution in [2.75, 3.05) is 7.11 Å². The molecule has 0 aromatic heterocycles. The molecule has 0 saturated heterocycles. The van der Waals surface area contributed by atoms with Crippen LogP contribution < -0.4 is 5.32 Å². The molecule has 0 heterocycles. The molecule has 1 N–H and O–H groups in total. The van der Waals surface area contributed by atoms with Crippen molar-refractivity contribution >= 4 is 5.91 Å². The summed E-state index contributed by atoms with van der Waals surface area (Å²) in [5.41, 5.74) is 0. The summed E-state index contributed by atoms with van der Waals surface area (Å²) in [4.78, 5) is 10.6. The van der Waals surface area contributed by atoms with E-state index in [1.54, 1.807) is 7.11 Å². The maximum Gasteiger partial charge on any atom is 0.218 e. The van der Waals surface area contributed by atoms with E-state index in [0.29, 0.717) is 5.92 Å². The van der Waals surface area contributed by atoms with E-state index in [0.717, 1.165) is 6.42 Å². The first-order valence-corrected chi connectivity index (χ1v) is 3.91. The van der Waals surface area contributed by atoms with Gasteiger partial charge in [-0.2, -0.15) is 0 Å². The summed E-state index contributed by atoms with van der Waals surface area (Å²) < 4.78 is 5.08. The third-order valence-electron chi connectivity index (χ3n) is 1.76. The van der Waals surface area contributed by atoms with Crippen molar-refractivity contribution in [3.8, 4) is 0 Å². The minimum atomic E-state index is -0.141. The summed E-state index contributed by atoms with van der Waals surface area (Å²) in [6.07, 6.45) is 0.858. The Morgan fingerprint density at radius 2 is 2.18 bits per heavy atom. The fraction of sp³-hybridized carbons (Fsp3) is 0.875. The minimum Gasteiger partial charge on any atom is -0.361 e. The number of rotatable bonds is 4. The Labute approximate surface area is 68.1 Å². The second-order valence-electron chi connectivity index (χ2n) is 2.74. The zero-order valence-corrected chi connectivity index (χ0v) is 7.68. The molecule has 0 fully saturated rings. The molecule has 0 radical (unpaired) electrons. The Hall–Kier alpha value is -0.570. The summed E-state index contributed by atoms with van der Waals surface area (Å²) >= 11 is 0. The van der Waals surface area contributed by atoms with E-state index >= 15 is 0 Å². The molecule has 0 aliphatic heterocycles. The van der Waals surface area contributed by atoms with Crippen LogP contribution in [0.4, 0.5) is 0 Å². The highest BCUT2D eigenvalue weighted by Gasteiger charge is 2.14. The van der Waals surface area contributed by atoms with Crippen molar-refractivity contribution in [2.45, 2.75) is 33.4 Å². The molecule has 0 aliphatic carbocycles. The smallest absolute Gasteiger partial charge is 0.218 e. The van der Waals surface area contributed by atoms with E-state index in [4.69, 9.17) is 4.74 Å². The van der Waals surface area contributed by atoms with Gasteiger partial charge < -0.3 is 10.1 Å². The minimum absolute atomic E-state index is 0.0443. The summed E-state index contributed by atoms with van der Waals surface area (Å²) in [5, 5.41) is 2.72. The molecule has 66 valence electrons. The second kappa shape index (κ2) is 5.13. The second-order valence-corrected chi connectivity index (χ2v) is 2.74. The van der Waals surface area contributed by atoms with Crippen LogP contribution in [0.15, 0.2) is 0 Å². The van der Waals surface area contributed by atoms with Crippen molar-refractivity contribution < 1.29 is 9.53 Å². The van der Waals surface area contributed by atoms with E-state index in [-0.39, 0.29) is 12.1 Å². The lowest BCUT2D eigenvalue weighted by atomic mass is 10.1. The summed E-state index contributed by atoms with van der Waals surface area (Å²) in [5.74, 6) is 0.320. The SMILES string of the molecule is CC[C@@H](C)C(NC(C)=O)OC. The lowest BCUT2D eigenvalue weighted by Gasteiger charge is -2.21. The van der Waals surface area contributed by atoms with E-state index in [1.807, 2.05) is 6.92 Å². The van der Waals surface area contributed by atoms with Crippen molar-refractivity contribution in [3.05, 3.63) is 0 Å². The van der Waals surface area contributed by atoms with Crippen LogP contribution in [-0.4, -0.2) is 19.2 Å². The Morgan fingerprint density at radius 1 is 1.64 bits per heavy atom. The van der Waals surface area contributed by atoms with Crippen molar-refractivity contribution in [3.63, 3.8) is 0 Å². The van der Waals surface area contributed by atoms with E-state index in [2.05, 4.69) is 12.2 Å². The predicted molar refractivity (Wildman–Crippen MR) is 44.1 cm³/mol. The molecule has 3 nitrogen and oxygen atoms in total. The Bertz CT molecular complexity index is 125. The summed E-state index contributed by atoms with van der Waals surface area (Å²) in [6, 6.07) is 0. The summed E-state index contributed by atoms with van der Waals surface area (Å²) in [6.45, 7) is 5.61. The van der Waals surface area contributed by atoms with Gasteiger partial charge in [-0.1, -0.05) is 13.8 Å². The van der Waals surface area contributed by atoms with Gasteiger partial charge in [0.15, 0.2) is 0 Å². The molecule has 0 aliphatic rings. The highest BCUT2D eigenvalue weighted by molar-refractivity contribution is 5.73. The highest BCUT2D eigenvalue weighted by Crippen LogP contribution is 2.07. The van der Waals surface area contributed by atoms with E-state index in [1.165, 1.54) is 6.92 Å². The van der Waals surface area contributed by atoms with Gasteiger partial charge in [0.2, 0.25) is 5.91 Å². The normalized spacial score (nSPS) is 15.6. The van der Waals surface area contributed by atoms with Crippen LogP contribution in [0.2, 0.25) is 0 Å². The molecule has 0 rings (SSSR count). The van der Waals surface area contributed by atoms with Gasteiger partial charge >= 0.3 is 0 Å². The third kappa shape index (κ3) is 3.98. The molecule has 1 amide bonds. The Kier molecular flexibility index (Phi) is 4.86. The Balaban J connectivity index is 3.84. The summed E-state index contributed by atoms with van der Waals surface area (Å²) in [7, 11) is 1.60. The van der Waals surface area contributed by atoms with E-state index in [9.17, 15) is 4.79 Å². The quantitative estimate of drug-likeness (QED) is 0.625. The maximum absolute atomic E-state index is 10.6. The van der Waals surface area contributed by atoms with Gasteiger partial charge in [-0.15, -0.1) is 0 Å². The standard InChI is InChI=1S/C8H17NO2/c1-5-6(2)8(11-4)9-7(3)10/h6,8H,5H2,1-4H3,(H,9,10)/t6-,8?/m1/s1. The maximum atomic E-state index is 10.6. The number of ether oxygens (including phenoxy) is 1. The van der Waals surface area contributed by atoms with Crippen LogP contribution in [0.5, 0.6) is 0 Å². The molecule has 1 unspecified atom stereocenters. The van der Waals surface area contributed by atoms with Crippen LogP contribution >= 0.6 is 0 Å². The van der Waals surface area contributed by atoms with Crippen molar-refractivity contribution in [2.24, 2.45) is 5.92 Å². The van der Waals surface area contributed by atoms with E-state index < -0.39 is 0 Å². The molecule has 0 spiro atoms. The topological polar surface area (TPSA) is 38.3 Å². The van der Waals surface area contributed by atoms with Crippen LogP contribution in [0.1, 0.15) is 27.2 Å². The first kappa shape index (κ1) is 10.4. The first-order valence-electron chi connectivity index (χ1n) is 3.91. The molecular weight excluding hydrogens is 142 g/mol. The Morgan fingerprint density at radius 3 is 2.45 bits per heavy atom. The number of hydrogen-bond donors (Lipinski definition) is 1. The monoisotopic (exact) mass is 159 g/mol. The van der Waals surface area contributed by atoms with Crippen molar-refractivity contribution in [1.29, 1.82) is 0 Å². The number of carbonyl (C=O) groups excluding carboxylic acids is 1. The fourth-order valence-electron chi connectivity index (χ4n) is 0.848. The van der Waals surface area contributed by atoms with Gasteiger partial charge in [-0.05, 0) is 6.42 Å². The average molecular weight is 159 g/mol. The largest absolute Gasteiger partial charge is 0.361 e. The zero-order chi connectivity index (χ0) is 8.85. The number of hydrogen-bond acceptors (Lipinski definition) is 2. The average Bonchev–Trinajstić information content (AvgIpc) is 1.98. The number of nitrogens with one attached hydrogen (secondary N) is 1. The van der Waals surface area contributed by atoms with Crippen LogP contribution in [0.3, 0.4) is 0 Å². The molecule has 3 heteroatoms. The first-order chi connectivity index (χ1) is 5.11. The number of methoxy groups -OCH3 is 1. The third-order valence-corrected chi connectivity index (χ3v) is 1.76. The fourth-order valence-corrected chi connectivity index (χ4v) is 0.848.